The third-order valence-electron chi connectivity index (χ3n) is 5.40. The average Bonchev–Trinajstić information content (AvgIpc) is 3.04. The molecule has 1 N–H and O–H groups in total. The molecule has 0 amide bonds. The number of hydrogen-bond donors (Lipinski definition) is 1. The van der Waals surface area contributed by atoms with Gasteiger partial charge in [0, 0.05) is 25.6 Å². The molecule has 1 aromatic rings. The smallest absolute Gasteiger partial charge is 0.211 e. The summed E-state index contributed by atoms with van der Waals surface area (Å²) in [5.74, 6) is -2.18. The lowest BCUT2D eigenvalue weighted by Crippen LogP contribution is -2.64. The van der Waals surface area contributed by atoms with Crippen LogP contribution in [0.2, 0.25) is 0 Å². The largest absolute Gasteiger partial charge is 0.493 e. The Morgan fingerprint density at radius 2 is 2.55 bits per heavy atom. The molecule has 2 aliphatic carbocycles. The first kappa shape index (κ1) is 6.93. The summed E-state index contributed by atoms with van der Waals surface area (Å²) < 4.78 is 85.5. The van der Waals surface area contributed by atoms with Crippen molar-refractivity contribution in [1.29, 1.82) is 1.43 Å². The van der Waals surface area contributed by atoms with Crippen molar-refractivity contribution >= 4 is 0 Å². The van der Waals surface area contributed by atoms with Crippen LogP contribution in [0.3, 0.4) is 0 Å². The van der Waals surface area contributed by atoms with Gasteiger partial charge in [0.1, 0.15) is 12.2 Å². The first-order chi connectivity index (χ1) is 14.3. The molecule has 5 rings (SSSR count). The van der Waals surface area contributed by atoms with E-state index < -0.39 is 48.3 Å². The number of likely N-dealkylation sites (tertiary alicyclic amines) is 1. The maximum atomic E-state index is 9.47. The van der Waals surface area contributed by atoms with Gasteiger partial charge in [-0.25, -0.2) is 0 Å². The molecule has 4 aliphatic rings. The van der Waals surface area contributed by atoms with E-state index in [4.69, 9.17) is 24.2 Å². The maximum Gasteiger partial charge on any atom is 0.211 e. The summed E-state index contributed by atoms with van der Waals surface area (Å²) in [6.07, 6.45) is -0.427. The van der Waals surface area contributed by atoms with Crippen LogP contribution in [-0.2, 0) is 11.8 Å². The summed E-state index contributed by atoms with van der Waals surface area (Å²) in [4.78, 5) is 1.72. The molecule has 1 fully saturated rings. The van der Waals surface area contributed by atoms with Crippen LogP contribution in [-0.4, -0.2) is 50.3 Å². The lowest BCUT2D eigenvalue weighted by molar-refractivity contribution is -0.0453. The Morgan fingerprint density at radius 3 is 3.41 bits per heavy atom. The third kappa shape index (κ3) is 1.28. The summed E-state index contributed by atoms with van der Waals surface area (Å²) in [5.41, 5.74) is -0.702. The molecule has 0 aromatic heterocycles. The molecule has 2 bridgehead atoms. The van der Waals surface area contributed by atoms with Gasteiger partial charge in [0.15, 0.2) is 11.5 Å². The molecule has 1 aromatic carbocycles. The zero-order valence-electron chi connectivity index (χ0n) is 21.0. The minimum atomic E-state index is -2.91. The summed E-state index contributed by atoms with van der Waals surface area (Å²) in [6.45, 7) is 0.385. The van der Waals surface area contributed by atoms with Gasteiger partial charge in [-0.2, -0.15) is 0 Å². The molecular weight excluding hydrogens is 278 g/mol. The number of aliphatic hydroxyl groups is 1. The fourth-order valence-corrected chi connectivity index (χ4v) is 4.45. The van der Waals surface area contributed by atoms with Gasteiger partial charge in [0.05, 0.1) is 15.3 Å². The van der Waals surface area contributed by atoms with Gasteiger partial charge in [-0.05, 0) is 38.0 Å². The predicted molar refractivity (Wildman–Crippen MR) is 82.5 cm³/mol. The molecule has 2 aliphatic heterocycles. The van der Waals surface area contributed by atoms with Crippen LogP contribution >= 0.6 is 0 Å². The fourth-order valence-electron chi connectivity index (χ4n) is 4.45. The van der Waals surface area contributed by atoms with Crippen LogP contribution in [0.5, 0.6) is 11.5 Å². The molecule has 22 heavy (non-hydrogen) atoms. The summed E-state index contributed by atoms with van der Waals surface area (Å²) in [6, 6.07) is -2.31. The van der Waals surface area contributed by atoms with E-state index in [1.165, 1.54) is 12.2 Å². The van der Waals surface area contributed by atoms with Gasteiger partial charge in [-0.3, -0.25) is 0 Å². The Hall–Kier alpha value is -1.52. The van der Waals surface area contributed by atoms with Crippen molar-refractivity contribution in [2.24, 2.45) is 5.89 Å². The number of nitrogens with zero attached hydrogens (tertiary/aromatic N) is 1. The standard InChI is InChI=1S/C18H21NO3/c1-19-8-7-18-11-4-5-13(20)17(18)22-16-14(21-2)6-3-10(15(16)18)9-12(11)19/h3-6,11-13,17,20H,7-9H2,1-2H3/t11-,12+,13?,17?,18-/m0/s1/i2D3,3D,6D,11D,12D,13D,20D. The van der Waals surface area contributed by atoms with Crippen LogP contribution < -0.4 is 9.47 Å². The van der Waals surface area contributed by atoms with E-state index in [0.29, 0.717) is 17.7 Å². The van der Waals surface area contributed by atoms with Gasteiger partial charge in [0.2, 0.25) is 1.43 Å². The number of rotatable bonds is 2. The molecule has 5 atom stereocenters. The molecule has 116 valence electrons. The van der Waals surface area contributed by atoms with Crippen LogP contribution in [0.1, 0.15) is 28.5 Å². The van der Waals surface area contributed by atoms with Crippen LogP contribution in [0.15, 0.2) is 24.2 Å². The first-order valence-corrected chi connectivity index (χ1v) is 7.34. The zero-order valence-corrected chi connectivity index (χ0v) is 12.0. The average molecular weight is 308 g/mol. The van der Waals surface area contributed by atoms with Gasteiger partial charge in [-0.15, -0.1) is 0 Å². The number of piperidine rings is 1. The number of ether oxygens (including phenoxy) is 2. The quantitative estimate of drug-likeness (QED) is 0.841. The van der Waals surface area contributed by atoms with Gasteiger partial charge < -0.3 is 19.5 Å². The minimum Gasteiger partial charge on any atom is -0.493 e. The molecule has 1 spiro atoms. The SMILES string of the molecule is [2H]OC1([2H])C=C[C@]2([2H])[C@@]34CCN(C)[C@]2([2H])Cc2c([2H])c([2H])c(OC([2H])([2H])[2H])c(c23)OC14. The van der Waals surface area contributed by atoms with Crippen molar-refractivity contribution in [1.82, 2.24) is 4.90 Å². The van der Waals surface area contributed by atoms with Crippen LogP contribution in [0, 0.1) is 5.89 Å². The Bertz CT molecular complexity index is 1030. The number of methoxy groups -OCH3 is 1. The number of benzene rings is 1. The Labute approximate surface area is 143 Å². The van der Waals surface area contributed by atoms with Gasteiger partial charge in [-0.1, -0.05) is 18.2 Å². The summed E-state index contributed by atoms with van der Waals surface area (Å²) >= 11 is 0. The zero-order chi connectivity index (χ0) is 22.8. The van der Waals surface area contributed by atoms with Crippen molar-refractivity contribution in [3.8, 4) is 11.5 Å². The van der Waals surface area contributed by atoms with E-state index in [9.17, 15) is 2.74 Å². The van der Waals surface area contributed by atoms with Crippen molar-refractivity contribution in [3.05, 3.63) is 35.4 Å². The van der Waals surface area contributed by atoms with E-state index >= 15 is 0 Å². The number of hydrogen-bond acceptors (Lipinski definition) is 4. The Balaban J connectivity index is 1.90. The molecule has 4 heteroatoms. The van der Waals surface area contributed by atoms with E-state index in [1.807, 2.05) is 0 Å². The van der Waals surface area contributed by atoms with Gasteiger partial charge in [0.25, 0.3) is 0 Å². The fraction of sp³-hybridized carbons (Fsp3) is 0.556. The summed E-state index contributed by atoms with van der Waals surface area (Å²) in [7, 11) is -1.19. The lowest BCUT2D eigenvalue weighted by atomic mass is 9.53. The first-order valence-electron chi connectivity index (χ1n) is 11.7. The lowest BCUT2D eigenvalue weighted by Gasteiger charge is -2.56. The monoisotopic (exact) mass is 308 g/mol. The molecule has 1 saturated heterocycles. The molecular formula is C18H21NO3. The summed E-state index contributed by atoms with van der Waals surface area (Å²) in [5, 5.41) is 4.73. The topological polar surface area (TPSA) is 41.9 Å². The van der Waals surface area contributed by atoms with Crippen molar-refractivity contribution < 1.29 is 25.5 Å². The van der Waals surface area contributed by atoms with Crippen LogP contribution in [0.4, 0.5) is 0 Å². The van der Waals surface area contributed by atoms with Crippen molar-refractivity contribution in [2.45, 2.75) is 36.5 Å². The molecule has 0 saturated carbocycles. The molecule has 4 nitrogen and oxygen atoms in total. The van der Waals surface area contributed by atoms with E-state index in [1.54, 1.807) is 11.9 Å². The second kappa shape index (κ2) is 4.06. The second-order valence-electron chi connectivity index (χ2n) is 6.28. The van der Waals surface area contributed by atoms with Gasteiger partial charge >= 0.3 is 0 Å². The predicted octanol–water partition coefficient (Wildman–Crippen LogP) is 1.50. The Kier molecular flexibility index (Phi) is 1.28. The van der Waals surface area contributed by atoms with E-state index in [2.05, 4.69) is 0 Å². The minimum absolute atomic E-state index is 0.0526. The number of likely N-dealkylation sites (N-methyl/N-ethyl adjacent to an activating group) is 1. The highest BCUT2D eigenvalue weighted by Gasteiger charge is 2.64. The Morgan fingerprint density at radius 1 is 1.59 bits per heavy atom. The van der Waals surface area contributed by atoms with E-state index in [-0.39, 0.29) is 24.6 Å². The molecule has 2 heterocycles. The van der Waals surface area contributed by atoms with Crippen molar-refractivity contribution in [2.75, 3.05) is 20.6 Å². The highest BCUT2D eigenvalue weighted by Crippen LogP contribution is 2.62. The second-order valence-corrected chi connectivity index (χ2v) is 6.28. The van der Waals surface area contributed by atoms with Crippen molar-refractivity contribution in [3.63, 3.8) is 0 Å². The highest BCUT2D eigenvalue weighted by molar-refractivity contribution is 5.62. The molecule has 2 unspecified atom stereocenters. The maximum absolute atomic E-state index is 9.47. The normalized spacial score (nSPS) is 57.5. The third-order valence-corrected chi connectivity index (χ3v) is 5.40. The highest BCUT2D eigenvalue weighted by atomic mass is 16.5. The van der Waals surface area contributed by atoms with Crippen LogP contribution in [0.25, 0.3) is 0 Å². The molecule has 0 radical (unpaired) electrons. The van der Waals surface area contributed by atoms with E-state index in [0.717, 1.165) is 0 Å².